The third-order valence-corrected chi connectivity index (χ3v) is 9.52. The van der Waals surface area contributed by atoms with Crippen LogP contribution in [0, 0.1) is 32.6 Å². The third-order valence-electron chi connectivity index (χ3n) is 9.12. The smallest absolute Gasteiger partial charge is 0.414 e. The zero-order chi connectivity index (χ0) is 30.8. The average molecular weight is 612 g/mol. The number of aliphatic hydroxyl groups excluding tert-OH is 1. The Hall–Kier alpha value is -3.21. The largest absolute Gasteiger partial charge is 0.446 e. The Kier molecular flexibility index (Phi) is 9.58. The molecule has 232 valence electrons. The minimum atomic E-state index is -0.815. The van der Waals surface area contributed by atoms with E-state index in [9.17, 15) is 19.5 Å². The lowest BCUT2D eigenvalue weighted by Gasteiger charge is -2.33. The van der Waals surface area contributed by atoms with Gasteiger partial charge in [-0.25, -0.2) is 4.79 Å². The van der Waals surface area contributed by atoms with Crippen molar-refractivity contribution < 1.29 is 24.2 Å². The highest BCUT2D eigenvalue weighted by molar-refractivity contribution is 6.31. The minimum absolute atomic E-state index is 0.0212. The molecule has 2 aromatic rings. The number of aromatic nitrogens is 1. The molecule has 11 heteroatoms. The van der Waals surface area contributed by atoms with Crippen molar-refractivity contribution in [2.75, 3.05) is 57.3 Å². The predicted octanol–water partition coefficient (Wildman–Crippen LogP) is 3.68. The number of fused-ring (bicyclic) bond motifs is 1. The molecule has 3 aliphatic heterocycles. The fourth-order valence-corrected chi connectivity index (χ4v) is 6.85. The summed E-state index contributed by atoms with van der Waals surface area (Å²) >= 11 is 6.40. The highest BCUT2D eigenvalue weighted by Crippen LogP contribution is 2.33. The van der Waals surface area contributed by atoms with Gasteiger partial charge in [-0.3, -0.25) is 24.4 Å². The van der Waals surface area contributed by atoms with Crippen molar-refractivity contribution in [1.29, 1.82) is 0 Å². The Morgan fingerprint density at radius 1 is 1.02 bits per heavy atom. The summed E-state index contributed by atoms with van der Waals surface area (Å²) in [6.07, 6.45) is 1.24. The summed E-state index contributed by atoms with van der Waals surface area (Å²) in [5.41, 5.74) is 3.85. The van der Waals surface area contributed by atoms with Gasteiger partial charge < -0.3 is 19.6 Å². The number of piperidine rings is 1. The molecule has 0 aliphatic carbocycles. The van der Waals surface area contributed by atoms with Gasteiger partial charge in [0.2, 0.25) is 5.91 Å². The fourth-order valence-electron chi connectivity index (χ4n) is 6.68. The zero-order valence-corrected chi connectivity index (χ0v) is 26.2. The van der Waals surface area contributed by atoms with Gasteiger partial charge in [0.25, 0.3) is 5.91 Å². The molecule has 4 heterocycles. The number of anilines is 1. The minimum Gasteiger partial charge on any atom is -0.446 e. The lowest BCUT2D eigenvalue weighted by atomic mass is 10.0. The van der Waals surface area contributed by atoms with Gasteiger partial charge in [0.05, 0.1) is 23.9 Å². The van der Waals surface area contributed by atoms with E-state index in [1.807, 2.05) is 43.9 Å². The van der Waals surface area contributed by atoms with Crippen LogP contribution < -0.4 is 4.90 Å². The molecule has 1 aromatic carbocycles. The zero-order valence-electron chi connectivity index (χ0n) is 25.5. The van der Waals surface area contributed by atoms with Crippen LogP contribution in [0.25, 0.3) is 0 Å². The van der Waals surface area contributed by atoms with Gasteiger partial charge in [-0.1, -0.05) is 17.7 Å². The topological polar surface area (TPSA) is 107 Å². The van der Waals surface area contributed by atoms with Crippen LogP contribution in [0.4, 0.5) is 10.5 Å². The van der Waals surface area contributed by atoms with Crippen molar-refractivity contribution in [3.8, 4) is 0 Å². The molecule has 5 rings (SSSR count). The number of pyridine rings is 1. The summed E-state index contributed by atoms with van der Waals surface area (Å²) in [5.74, 6) is 0.743. The summed E-state index contributed by atoms with van der Waals surface area (Å²) < 4.78 is 5.86. The van der Waals surface area contributed by atoms with E-state index in [4.69, 9.17) is 16.3 Å². The normalized spacial score (nSPS) is 21.5. The van der Waals surface area contributed by atoms with Gasteiger partial charge in [-0.05, 0) is 61.9 Å². The van der Waals surface area contributed by atoms with E-state index >= 15 is 0 Å². The van der Waals surface area contributed by atoms with E-state index < -0.39 is 12.2 Å². The van der Waals surface area contributed by atoms with Crippen LogP contribution in [-0.4, -0.2) is 107 Å². The standard InChI is InChI=1S/C32H42ClN5O5/c1-20-5-6-26(13-29(20)33)38(32(42)43-28-8-11-36(12-9-28)23(4)39)19-27(40)18-35-14-24-16-37(17-25(24)15-35)31(41)30-21(2)7-10-34-22(30)3/h5-7,10,13,24-25,27-28,40H,8-9,11-12,14-19H2,1-4H3. The van der Waals surface area contributed by atoms with E-state index in [1.54, 1.807) is 24.1 Å². The Labute approximate surface area is 258 Å². The Bertz CT molecular complexity index is 1330. The van der Waals surface area contributed by atoms with Gasteiger partial charge in [0.15, 0.2) is 0 Å². The molecule has 0 spiro atoms. The number of amides is 3. The quantitative estimate of drug-likeness (QED) is 0.509. The van der Waals surface area contributed by atoms with Crippen LogP contribution >= 0.6 is 11.6 Å². The summed E-state index contributed by atoms with van der Waals surface area (Å²) in [7, 11) is 0. The number of benzene rings is 1. The number of hydrogen-bond acceptors (Lipinski definition) is 7. The molecule has 3 saturated heterocycles. The van der Waals surface area contributed by atoms with Gasteiger partial charge in [0, 0.05) is 82.5 Å². The number of carbonyl (C=O) groups is 3. The second-order valence-electron chi connectivity index (χ2n) is 12.3. The summed E-state index contributed by atoms with van der Waals surface area (Å²) in [6.45, 7) is 11.8. The number of likely N-dealkylation sites (tertiary alicyclic amines) is 3. The van der Waals surface area contributed by atoms with E-state index in [-0.39, 0.29) is 24.5 Å². The highest BCUT2D eigenvalue weighted by Gasteiger charge is 2.42. The van der Waals surface area contributed by atoms with Crippen molar-refractivity contribution in [2.24, 2.45) is 11.8 Å². The summed E-state index contributed by atoms with van der Waals surface area (Å²) in [4.78, 5) is 50.1. The van der Waals surface area contributed by atoms with E-state index in [2.05, 4.69) is 9.88 Å². The number of halogens is 1. The second-order valence-corrected chi connectivity index (χ2v) is 12.7. The Morgan fingerprint density at radius 3 is 2.30 bits per heavy atom. The number of ether oxygens (including phenoxy) is 1. The van der Waals surface area contributed by atoms with Crippen LogP contribution in [-0.2, 0) is 9.53 Å². The molecular weight excluding hydrogens is 570 g/mol. The summed E-state index contributed by atoms with van der Waals surface area (Å²) in [6, 6.07) is 7.26. The molecule has 0 radical (unpaired) electrons. The molecule has 10 nitrogen and oxygen atoms in total. The van der Waals surface area contributed by atoms with Crippen LogP contribution in [0.5, 0.6) is 0 Å². The number of aryl methyl sites for hydroxylation is 3. The highest BCUT2D eigenvalue weighted by atomic mass is 35.5. The molecule has 0 saturated carbocycles. The van der Waals surface area contributed by atoms with Gasteiger partial charge in [-0.15, -0.1) is 0 Å². The lowest BCUT2D eigenvalue weighted by molar-refractivity contribution is -0.130. The van der Waals surface area contributed by atoms with Crippen LogP contribution in [0.15, 0.2) is 30.5 Å². The first-order valence-electron chi connectivity index (χ1n) is 15.1. The molecule has 3 aliphatic rings. The number of hydrogen-bond donors (Lipinski definition) is 1. The van der Waals surface area contributed by atoms with Crippen LogP contribution in [0.2, 0.25) is 5.02 Å². The molecule has 3 atom stereocenters. The SMILES string of the molecule is CC(=O)N1CCC(OC(=O)N(CC(O)CN2CC3CN(C(=O)c4c(C)ccnc4C)CC3C2)c2ccc(C)c(Cl)c2)CC1. The van der Waals surface area contributed by atoms with Crippen LogP contribution in [0.1, 0.15) is 46.9 Å². The van der Waals surface area contributed by atoms with Crippen molar-refractivity contribution in [1.82, 2.24) is 19.7 Å². The lowest BCUT2D eigenvalue weighted by Crippen LogP contribution is -2.46. The first kappa shape index (κ1) is 31.2. The van der Waals surface area contributed by atoms with Gasteiger partial charge >= 0.3 is 6.09 Å². The number of carbonyl (C=O) groups excluding carboxylic acids is 3. The molecular formula is C32H42ClN5O5. The fraction of sp³-hybridized carbons (Fsp3) is 0.562. The number of nitrogens with zero attached hydrogens (tertiary/aromatic N) is 5. The first-order chi connectivity index (χ1) is 20.5. The van der Waals surface area contributed by atoms with Gasteiger partial charge in [-0.2, -0.15) is 0 Å². The maximum atomic E-state index is 13.4. The molecule has 0 bridgehead atoms. The number of aliphatic hydroxyl groups is 1. The molecule has 3 amide bonds. The second kappa shape index (κ2) is 13.2. The number of β-amino-alcohol motifs (C(OH)–C–C–N with tert-alkyl or cyclic N) is 1. The van der Waals surface area contributed by atoms with Crippen molar-refractivity contribution in [3.05, 3.63) is 57.9 Å². The summed E-state index contributed by atoms with van der Waals surface area (Å²) in [5, 5.41) is 11.7. The maximum absolute atomic E-state index is 13.4. The van der Waals surface area contributed by atoms with E-state index in [1.165, 1.54) is 4.90 Å². The van der Waals surface area contributed by atoms with E-state index in [0.29, 0.717) is 73.7 Å². The third kappa shape index (κ3) is 7.13. The monoisotopic (exact) mass is 611 g/mol. The first-order valence-corrected chi connectivity index (χ1v) is 15.5. The predicted molar refractivity (Wildman–Crippen MR) is 164 cm³/mol. The Balaban J connectivity index is 1.18. The van der Waals surface area contributed by atoms with Crippen molar-refractivity contribution >= 4 is 35.2 Å². The molecule has 3 fully saturated rings. The molecule has 1 N–H and O–H groups in total. The maximum Gasteiger partial charge on any atom is 0.414 e. The van der Waals surface area contributed by atoms with Crippen molar-refractivity contribution in [3.63, 3.8) is 0 Å². The molecule has 1 aromatic heterocycles. The van der Waals surface area contributed by atoms with Crippen molar-refractivity contribution in [2.45, 2.75) is 52.7 Å². The van der Waals surface area contributed by atoms with Gasteiger partial charge in [0.1, 0.15) is 6.10 Å². The number of rotatable bonds is 7. The Morgan fingerprint density at radius 2 is 1.70 bits per heavy atom. The van der Waals surface area contributed by atoms with E-state index in [0.717, 1.165) is 29.9 Å². The van der Waals surface area contributed by atoms with Crippen LogP contribution in [0.3, 0.4) is 0 Å². The average Bonchev–Trinajstić information content (AvgIpc) is 3.52. The molecule has 43 heavy (non-hydrogen) atoms. The molecule has 3 unspecified atom stereocenters.